The van der Waals surface area contributed by atoms with E-state index >= 15 is 0 Å². The van der Waals surface area contributed by atoms with E-state index < -0.39 is 0 Å². The summed E-state index contributed by atoms with van der Waals surface area (Å²) in [5.41, 5.74) is 5.68. The fourth-order valence-electron chi connectivity index (χ4n) is 3.28. The largest absolute Gasteiger partial charge is 0.464 e. The lowest BCUT2D eigenvalue weighted by atomic mass is 9.96. The summed E-state index contributed by atoms with van der Waals surface area (Å²) < 4.78 is 12.0. The number of rotatable bonds is 4. The number of ether oxygens (including phenoxy) is 1. The Balaban J connectivity index is 2.22. The highest BCUT2D eigenvalue weighted by molar-refractivity contribution is 5.12. The molecular weight excluding hydrogens is 252 g/mol. The molecule has 1 aliphatic heterocycles. The Hall–Kier alpha value is -0.840. The first kappa shape index (κ1) is 15.5. The van der Waals surface area contributed by atoms with Gasteiger partial charge in [-0.05, 0) is 39.8 Å². The van der Waals surface area contributed by atoms with E-state index in [0.717, 1.165) is 31.0 Å². The van der Waals surface area contributed by atoms with Crippen molar-refractivity contribution in [3.05, 3.63) is 23.7 Å². The van der Waals surface area contributed by atoms with Crippen molar-refractivity contribution < 1.29 is 9.15 Å². The zero-order chi connectivity index (χ0) is 15.0. The summed E-state index contributed by atoms with van der Waals surface area (Å²) in [6, 6.07) is 4.23. The van der Waals surface area contributed by atoms with Crippen molar-refractivity contribution in [3.8, 4) is 0 Å². The van der Waals surface area contributed by atoms with Crippen molar-refractivity contribution in [3.63, 3.8) is 0 Å². The monoisotopic (exact) mass is 280 g/mol. The highest BCUT2D eigenvalue weighted by Crippen LogP contribution is 2.33. The smallest absolute Gasteiger partial charge is 0.122 e. The first-order chi connectivity index (χ1) is 9.26. The van der Waals surface area contributed by atoms with Crippen molar-refractivity contribution in [1.29, 1.82) is 0 Å². The molecule has 2 rings (SSSR count). The Bertz CT molecular complexity index is 435. The first-order valence-corrected chi connectivity index (χ1v) is 7.49. The molecule has 0 aromatic carbocycles. The molecule has 2 N–H and O–H groups in total. The molecule has 1 saturated heterocycles. The van der Waals surface area contributed by atoms with E-state index in [2.05, 4.69) is 51.7 Å². The Morgan fingerprint density at radius 2 is 1.80 bits per heavy atom. The van der Waals surface area contributed by atoms with Gasteiger partial charge >= 0.3 is 0 Å². The van der Waals surface area contributed by atoms with Crippen LogP contribution in [0.4, 0.5) is 0 Å². The molecule has 1 aromatic rings. The highest BCUT2D eigenvalue weighted by Gasteiger charge is 2.41. The third-order valence-electron chi connectivity index (χ3n) is 3.74. The van der Waals surface area contributed by atoms with Gasteiger partial charge in [-0.25, -0.2) is 0 Å². The van der Waals surface area contributed by atoms with Crippen LogP contribution in [-0.2, 0) is 11.2 Å². The van der Waals surface area contributed by atoms with Crippen LogP contribution in [-0.4, -0.2) is 35.7 Å². The minimum atomic E-state index is -0.171. The predicted molar refractivity (Wildman–Crippen MR) is 80.7 cm³/mol. The van der Waals surface area contributed by atoms with Gasteiger partial charge in [-0.1, -0.05) is 6.92 Å². The Morgan fingerprint density at radius 3 is 2.25 bits per heavy atom. The second kappa shape index (κ2) is 5.51. The van der Waals surface area contributed by atoms with Crippen molar-refractivity contribution in [2.75, 3.05) is 19.6 Å². The lowest BCUT2D eigenvalue weighted by molar-refractivity contribution is -0.188. The van der Waals surface area contributed by atoms with Gasteiger partial charge in [0, 0.05) is 26.1 Å². The maximum absolute atomic E-state index is 6.14. The molecule has 0 aliphatic carbocycles. The van der Waals surface area contributed by atoms with E-state index in [4.69, 9.17) is 14.9 Å². The van der Waals surface area contributed by atoms with Crippen LogP contribution in [0.25, 0.3) is 0 Å². The summed E-state index contributed by atoms with van der Waals surface area (Å²) in [5, 5.41) is 0. The van der Waals surface area contributed by atoms with Crippen LogP contribution < -0.4 is 5.73 Å². The van der Waals surface area contributed by atoms with Crippen molar-refractivity contribution in [1.82, 2.24) is 4.90 Å². The third kappa shape index (κ3) is 3.43. The van der Waals surface area contributed by atoms with Crippen LogP contribution in [0, 0.1) is 0 Å². The molecule has 1 atom stereocenters. The Kier molecular flexibility index (Phi) is 4.28. The molecule has 1 aliphatic rings. The second-order valence-electron chi connectivity index (χ2n) is 6.94. The van der Waals surface area contributed by atoms with Crippen LogP contribution in [0.15, 0.2) is 16.5 Å². The molecular formula is C16H28N2O2. The topological polar surface area (TPSA) is 51.6 Å². The lowest BCUT2D eigenvalue weighted by Gasteiger charge is -2.49. The zero-order valence-electron chi connectivity index (χ0n) is 13.4. The van der Waals surface area contributed by atoms with E-state index in [-0.39, 0.29) is 17.2 Å². The van der Waals surface area contributed by atoms with Gasteiger partial charge in [-0.15, -0.1) is 0 Å². The van der Waals surface area contributed by atoms with Crippen LogP contribution in [0.5, 0.6) is 0 Å². The molecule has 1 unspecified atom stereocenters. The molecule has 0 bridgehead atoms. The Morgan fingerprint density at radius 1 is 1.20 bits per heavy atom. The molecule has 1 fully saturated rings. The van der Waals surface area contributed by atoms with Gasteiger partial charge in [0.1, 0.15) is 11.5 Å². The molecule has 2 heterocycles. The molecule has 0 spiro atoms. The Labute approximate surface area is 122 Å². The summed E-state index contributed by atoms with van der Waals surface area (Å²) >= 11 is 0. The zero-order valence-corrected chi connectivity index (χ0v) is 13.4. The quantitative estimate of drug-likeness (QED) is 0.921. The molecule has 114 valence electrons. The average molecular weight is 280 g/mol. The van der Waals surface area contributed by atoms with Gasteiger partial charge in [-0.3, -0.25) is 4.90 Å². The van der Waals surface area contributed by atoms with Gasteiger partial charge in [0.05, 0.1) is 17.2 Å². The molecule has 1 aromatic heterocycles. The van der Waals surface area contributed by atoms with Gasteiger partial charge in [-0.2, -0.15) is 0 Å². The SMILES string of the molecule is CCc1ccc(C(CN)N2CC(C)(C)OC(C)(C)C2)o1. The summed E-state index contributed by atoms with van der Waals surface area (Å²) in [5.74, 6) is 1.99. The third-order valence-corrected chi connectivity index (χ3v) is 3.74. The van der Waals surface area contributed by atoms with Crippen LogP contribution in [0.3, 0.4) is 0 Å². The summed E-state index contributed by atoms with van der Waals surface area (Å²) in [7, 11) is 0. The van der Waals surface area contributed by atoms with Crippen molar-refractivity contribution >= 4 is 0 Å². The maximum atomic E-state index is 6.14. The van der Waals surface area contributed by atoms with Crippen molar-refractivity contribution in [2.45, 2.75) is 58.3 Å². The second-order valence-corrected chi connectivity index (χ2v) is 6.94. The van der Waals surface area contributed by atoms with Crippen LogP contribution in [0.2, 0.25) is 0 Å². The number of nitrogens with zero attached hydrogens (tertiary/aromatic N) is 1. The molecule has 4 heteroatoms. The molecule has 0 radical (unpaired) electrons. The van der Waals surface area contributed by atoms with Gasteiger partial charge in [0.2, 0.25) is 0 Å². The van der Waals surface area contributed by atoms with Crippen LogP contribution in [0.1, 0.15) is 52.2 Å². The van der Waals surface area contributed by atoms with Gasteiger partial charge < -0.3 is 14.9 Å². The fourth-order valence-corrected chi connectivity index (χ4v) is 3.28. The van der Waals surface area contributed by atoms with Crippen molar-refractivity contribution in [2.24, 2.45) is 5.73 Å². The van der Waals surface area contributed by atoms with E-state index in [1.807, 2.05) is 0 Å². The number of hydrogen-bond acceptors (Lipinski definition) is 4. The number of nitrogens with two attached hydrogens (primary N) is 1. The number of morpholine rings is 1. The fraction of sp³-hybridized carbons (Fsp3) is 0.750. The minimum absolute atomic E-state index is 0.123. The summed E-state index contributed by atoms with van der Waals surface area (Å²) in [6.45, 7) is 12.9. The minimum Gasteiger partial charge on any atom is -0.464 e. The molecule has 4 nitrogen and oxygen atoms in total. The van der Waals surface area contributed by atoms with E-state index in [9.17, 15) is 0 Å². The van der Waals surface area contributed by atoms with E-state index in [1.165, 1.54) is 0 Å². The molecule has 0 saturated carbocycles. The first-order valence-electron chi connectivity index (χ1n) is 7.49. The normalized spacial score (nSPS) is 23.7. The average Bonchev–Trinajstić information content (AvgIpc) is 2.74. The predicted octanol–water partition coefficient (Wildman–Crippen LogP) is 2.73. The summed E-state index contributed by atoms with van der Waals surface area (Å²) in [4.78, 5) is 2.39. The number of hydrogen-bond donors (Lipinski definition) is 1. The van der Waals surface area contributed by atoms with Crippen LogP contribution >= 0.6 is 0 Å². The molecule has 0 amide bonds. The summed E-state index contributed by atoms with van der Waals surface area (Å²) in [6.07, 6.45) is 0.914. The highest BCUT2D eigenvalue weighted by atomic mass is 16.5. The lowest BCUT2D eigenvalue weighted by Crippen LogP contribution is -2.58. The number of furan rings is 1. The molecule has 20 heavy (non-hydrogen) atoms. The standard InChI is InChI=1S/C16H28N2O2/c1-6-12-7-8-14(19-12)13(9-17)18-10-15(2,3)20-16(4,5)11-18/h7-8,13H,6,9-11,17H2,1-5H3. The van der Waals surface area contributed by atoms with E-state index in [1.54, 1.807) is 0 Å². The van der Waals surface area contributed by atoms with Gasteiger partial charge in [0.25, 0.3) is 0 Å². The number of aryl methyl sites for hydroxylation is 1. The van der Waals surface area contributed by atoms with E-state index in [0.29, 0.717) is 6.54 Å². The maximum Gasteiger partial charge on any atom is 0.122 e. The van der Waals surface area contributed by atoms with Gasteiger partial charge in [0.15, 0.2) is 0 Å².